The SMILES string of the molecule is O=C(O)CCc1ccc(-c2cc(C(=O)N[C@@H]3CCCC[C@H]3O)cnc2OCC2CC2)cc1. The minimum absolute atomic E-state index is 0.0827. The second-order valence-electron chi connectivity index (χ2n) is 8.85. The Morgan fingerprint density at radius 2 is 1.84 bits per heavy atom. The van der Waals surface area contributed by atoms with Crippen molar-refractivity contribution >= 4 is 11.9 Å². The zero-order valence-electron chi connectivity index (χ0n) is 18.1. The molecular weight excluding hydrogens is 408 g/mol. The molecule has 1 amide bonds. The summed E-state index contributed by atoms with van der Waals surface area (Å²) in [7, 11) is 0. The summed E-state index contributed by atoms with van der Waals surface area (Å²) in [6.45, 7) is 0.608. The summed E-state index contributed by atoms with van der Waals surface area (Å²) in [6, 6.07) is 9.16. The minimum atomic E-state index is -0.823. The Labute approximate surface area is 187 Å². The lowest BCUT2D eigenvalue weighted by Gasteiger charge is -2.28. The highest BCUT2D eigenvalue weighted by Crippen LogP contribution is 2.33. The predicted octanol–water partition coefficient (Wildman–Crippen LogP) is 3.59. The molecular formula is C25H30N2O5. The van der Waals surface area contributed by atoms with Crippen LogP contribution in [-0.2, 0) is 11.2 Å². The van der Waals surface area contributed by atoms with Gasteiger partial charge < -0.3 is 20.3 Å². The number of benzene rings is 1. The smallest absolute Gasteiger partial charge is 0.303 e. The number of pyridine rings is 1. The number of carboxylic acid groups (broad SMARTS) is 1. The second-order valence-corrected chi connectivity index (χ2v) is 8.85. The molecule has 0 spiro atoms. The van der Waals surface area contributed by atoms with Gasteiger partial charge in [-0.25, -0.2) is 4.98 Å². The molecule has 170 valence electrons. The van der Waals surface area contributed by atoms with E-state index in [1.54, 1.807) is 6.07 Å². The number of aryl methyl sites for hydroxylation is 1. The van der Waals surface area contributed by atoms with E-state index in [2.05, 4.69) is 10.3 Å². The van der Waals surface area contributed by atoms with Gasteiger partial charge >= 0.3 is 5.97 Å². The summed E-state index contributed by atoms with van der Waals surface area (Å²) in [4.78, 5) is 28.1. The van der Waals surface area contributed by atoms with Crippen molar-refractivity contribution in [3.8, 4) is 17.0 Å². The number of carboxylic acids is 1. The van der Waals surface area contributed by atoms with Gasteiger partial charge in [-0.3, -0.25) is 9.59 Å². The van der Waals surface area contributed by atoms with Crippen LogP contribution in [-0.4, -0.2) is 45.8 Å². The monoisotopic (exact) mass is 438 g/mol. The third-order valence-corrected chi connectivity index (χ3v) is 6.20. The fourth-order valence-electron chi connectivity index (χ4n) is 4.01. The number of hydrogen-bond acceptors (Lipinski definition) is 5. The van der Waals surface area contributed by atoms with Crippen molar-refractivity contribution in [1.29, 1.82) is 0 Å². The van der Waals surface area contributed by atoms with E-state index in [4.69, 9.17) is 9.84 Å². The van der Waals surface area contributed by atoms with Crippen molar-refractivity contribution in [3.05, 3.63) is 47.7 Å². The number of rotatable bonds is 9. The maximum atomic E-state index is 12.9. The molecule has 32 heavy (non-hydrogen) atoms. The third-order valence-electron chi connectivity index (χ3n) is 6.20. The van der Waals surface area contributed by atoms with E-state index in [-0.39, 0.29) is 18.4 Å². The molecule has 1 heterocycles. The first kappa shape index (κ1) is 22.3. The molecule has 4 rings (SSSR count). The molecule has 2 atom stereocenters. The van der Waals surface area contributed by atoms with Crippen LogP contribution >= 0.6 is 0 Å². The Morgan fingerprint density at radius 3 is 2.53 bits per heavy atom. The minimum Gasteiger partial charge on any atom is -0.481 e. The molecule has 2 saturated carbocycles. The van der Waals surface area contributed by atoms with Crippen LogP contribution in [0.15, 0.2) is 36.5 Å². The Hall–Kier alpha value is -2.93. The van der Waals surface area contributed by atoms with Gasteiger partial charge in [0.2, 0.25) is 5.88 Å². The molecule has 0 bridgehead atoms. The normalized spacial score (nSPS) is 20.5. The molecule has 2 aliphatic rings. The van der Waals surface area contributed by atoms with Crippen molar-refractivity contribution in [2.24, 2.45) is 5.92 Å². The highest BCUT2D eigenvalue weighted by Gasteiger charge is 2.26. The van der Waals surface area contributed by atoms with E-state index < -0.39 is 12.1 Å². The van der Waals surface area contributed by atoms with Crippen molar-refractivity contribution < 1.29 is 24.5 Å². The number of ether oxygens (including phenoxy) is 1. The van der Waals surface area contributed by atoms with Crippen LogP contribution in [0.5, 0.6) is 5.88 Å². The fourth-order valence-corrected chi connectivity index (χ4v) is 4.01. The number of nitrogens with one attached hydrogen (secondary N) is 1. The molecule has 2 aliphatic carbocycles. The van der Waals surface area contributed by atoms with Gasteiger partial charge in [-0.2, -0.15) is 0 Å². The number of nitrogens with zero attached hydrogens (tertiary/aromatic N) is 1. The number of aromatic nitrogens is 1. The topological polar surface area (TPSA) is 109 Å². The zero-order chi connectivity index (χ0) is 22.5. The molecule has 2 aromatic rings. The molecule has 7 nitrogen and oxygen atoms in total. The van der Waals surface area contributed by atoms with Gasteiger partial charge in [0.1, 0.15) is 0 Å². The number of carbonyl (C=O) groups excluding carboxylic acids is 1. The summed E-state index contributed by atoms with van der Waals surface area (Å²) in [6.07, 6.45) is 7.34. The number of hydrogen-bond donors (Lipinski definition) is 3. The van der Waals surface area contributed by atoms with Crippen molar-refractivity contribution in [1.82, 2.24) is 10.3 Å². The summed E-state index contributed by atoms with van der Waals surface area (Å²) in [5, 5.41) is 22.0. The Bertz CT molecular complexity index is 955. The van der Waals surface area contributed by atoms with Gasteiger partial charge in [0.25, 0.3) is 5.91 Å². The molecule has 2 fully saturated rings. The van der Waals surface area contributed by atoms with Gasteiger partial charge in [-0.1, -0.05) is 37.1 Å². The standard InChI is InChI=1S/C25H30N2O5/c28-22-4-2-1-3-21(22)27-24(31)19-13-20(25(26-14-19)32-15-17-5-6-17)18-10-7-16(8-11-18)9-12-23(29)30/h7-8,10-11,13-14,17,21-22,28H,1-6,9,12,15H2,(H,27,31)(H,29,30)/t21-,22-/m1/s1. The molecule has 0 aliphatic heterocycles. The first-order valence-corrected chi connectivity index (χ1v) is 11.4. The van der Waals surface area contributed by atoms with Gasteiger partial charge in [0.05, 0.1) is 24.3 Å². The number of aliphatic carboxylic acids is 1. The summed E-state index contributed by atoms with van der Waals surface area (Å²) < 4.78 is 5.97. The summed E-state index contributed by atoms with van der Waals surface area (Å²) in [5.74, 6) is -0.0180. The molecule has 1 aromatic carbocycles. The average Bonchev–Trinajstić information content (AvgIpc) is 3.63. The van der Waals surface area contributed by atoms with E-state index >= 15 is 0 Å². The van der Waals surface area contributed by atoms with Crippen LogP contribution in [0.2, 0.25) is 0 Å². The highest BCUT2D eigenvalue weighted by atomic mass is 16.5. The Morgan fingerprint density at radius 1 is 1.09 bits per heavy atom. The van der Waals surface area contributed by atoms with Crippen LogP contribution < -0.4 is 10.1 Å². The lowest BCUT2D eigenvalue weighted by Crippen LogP contribution is -2.45. The largest absolute Gasteiger partial charge is 0.481 e. The first-order valence-electron chi connectivity index (χ1n) is 11.4. The Balaban J connectivity index is 1.54. The maximum absolute atomic E-state index is 12.9. The number of carbonyl (C=O) groups is 2. The van der Waals surface area contributed by atoms with Crippen molar-refractivity contribution in [2.75, 3.05) is 6.61 Å². The second kappa shape index (κ2) is 10.1. The van der Waals surface area contributed by atoms with Gasteiger partial charge in [0.15, 0.2) is 0 Å². The van der Waals surface area contributed by atoms with E-state index in [1.165, 1.54) is 6.20 Å². The summed E-state index contributed by atoms with van der Waals surface area (Å²) in [5.41, 5.74) is 2.94. The van der Waals surface area contributed by atoms with Crippen LogP contribution in [0.1, 0.15) is 60.9 Å². The zero-order valence-corrected chi connectivity index (χ0v) is 18.1. The quantitative estimate of drug-likeness (QED) is 0.552. The molecule has 0 saturated heterocycles. The third kappa shape index (κ3) is 5.85. The Kier molecular flexibility index (Phi) is 7.05. The number of aliphatic hydroxyl groups excluding tert-OH is 1. The molecule has 1 aromatic heterocycles. The predicted molar refractivity (Wildman–Crippen MR) is 120 cm³/mol. The molecule has 0 radical (unpaired) electrons. The van der Waals surface area contributed by atoms with E-state index in [0.717, 1.165) is 48.8 Å². The average molecular weight is 439 g/mol. The van der Waals surface area contributed by atoms with E-state index in [0.29, 0.717) is 36.8 Å². The van der Waals surface area contributed by atoms with Crippen LogP contribution in [0.3, 0.4) is 0 Å². The highest BCUT2D eigenvalue weighted by molar-refractivity contribution is 5.95. The van der Waals surface area contributed by atoms with Crippen molar-refractivity contribution in [3.63, 3.8) is 0 Å². The summed E-state index contributed by atoms with van der Waals surface area (Å²) >= 11 is 0. The number of aliphatic hydroxyl groups is 1. The van der Waals surface area contributed by atoms with Crippen LogP contribution in [0, 0.1) is 5.92 Å². The lowest BCUT2D eigenvalue weighted by molar-refractivity contribution is -0.136. The van der Waals surface area contributed by atoms with E-state index in [1.807, 2.05) is 24.3 Å². The van der Waals surface area contributed by atoms with E-state index in [9.17, 15) is 14.7 Å². The van der Waals surface area contributed by atoms with Crippen LogP contribution in [0.4, 0.5) is 0 Å². The molecule has 7 heteroatoms. The number of amides is 1. The van der Waals surface area contributed by atoms with Crippen LogP contribution in [0.25, 0.3) is 11.1 Å². The maximum Gasteiger partial charge on any atom is 0.303 e. The van der Waals surface area contributed by atoms with Gasteiger partial charge in [-0.05, 0) is 55.2 Å². The van der Waals surface area contributed by atoms with Crippen molar-refractivity contribution in [2.45, 2.75) is 63.5 Å². The van der Waals surface area contributed by atoms with Gasteiger partial charge in [0, 0.05) is 18.2 Å². The lowest BCUT2D eigenvalue weighted by atomic mass is 9.92. The molecule has 0 unspecified atom stereocenters. The fraction of sp³-hybridized carbons (Fsp3) is 0.480. The van der Waals surface area contributed by atoms with Gasteiger partial charge in [-0.15, -0.1) is 0 Å². The molecule has 3 N–H and O–H groups in total. The first-order chi connectivity index (χ1) is 15.5.